The number of thiophene rings is 1. The molecule has 1 nitrogen and oxygen atoms in total. The molecule has 1 unspecified atom stereocenters. The second-order valence-electron chi connectivity index (χ2n) is 3.68. The van der Waals surface area contributed by atoms with Crippen molar-refractivity contribution in [3.63, 3.8) is 0 Å². The highest BCUT2D eigenvalue weighted by molar-refractivity contribution is 9.11. The van der Waals surface area contributed by atoms with Crippen LogP contribution in [0.1, 0.15) is 22.2 Å². The van der Waals surface area contributed by atoms with Crippen LogP contribution in [0.3, 0.4) is 0 Å². The van der Waals surface area contributed by atoms with Crippen LogP contribution in [0.5, 0.6) is 0 Å². The smallest absolute Gasteiger partial charge is 0.0701 e. The van der Waals surface area contributed by atoms with Crippen LogP contribution in [0.2, 0.25) is 0 Å². The van der Waals surface area contributed by atoms with Gasteiger partial charge in [0.05, 0.1) is 9.16 Å². The van der Waals surface area contributed by atoms with Gasteiger partial charge in [0.15, 0.2) is 0 Å². The molecule has 0 aromatic carbocycles. The summed E-state index contributed by atoms with van der Waals surface area (Å²) in [6.45, 7) is 2.03. The Morgan fingerprint density at radius 2 is 2.31 bits per heavy atom. The molecule has 16 heavy (non-hydrogen) atoms. The van der Waals surface area contributed by atoms with Crippen LogP contribution >= 0.6 is 38.9 Å². The van der Waals surface area contributed by atoms with Gasteiger partial charge < -0.3 is 0 Å². The van der Waals surface area contributed by atoms with Gasteiger partial charge in [0.1, 0.15) is 0 Å². The van der Waals surface area contributed by atoms with E-state index >= 15 is 0 Å². The van der Waals surface area contributed by atoms with Crippen LogP contribution in [0, 0.1) is 6.92 Å². The molecule has 0 aliphatic carbocycles. The number of halogens is 2. The third kappa shape index (κ3) is 3.06. The molecular weight excluding hydrogens is 306 g/mol. The van der Waals surface area contributed by atoms with E-state index in [0.717, 1.165) is 21.5 Å². The predicted octanol–water partition coefficient (Wildman–Crippen LogP) is 4.74. The predicted molar refractivity (Wildman–Crippen MR) is 73.3 cm³/mol. The highest BCUT2D eigenvalue weighted by Crippen LogP contribution is 2.30. The average molecular weight is 317 g/mol. The minimum Gasteiger partial charge on any atom is -0.261 e. The first kappa shape index (κ1) is 12.1. The van der Waals surface area contributed by atoms with E-state index in [1.165, 1.54) is 5.56 Å². The van der Waals surface area contributed by atoms with Crippen LogP contribution in [0.4, 0.5) is 0 Å². The fraction of sp³-hybridized carbons (Fsp3) is 0.250. The zero-order valence-electron chi connectivity index (χ0n) is 8.78. The Morgan fingerprint density at radius 1 is 1.50 bits per heavy atom. The summed E-state index contributed by atoms with van der Waals surface area (Å²) in [6, 6.07) is 6.16. The molecule has 2 heterocycles. The Kier molecular flexibility index (Phi) is 4.00. The second-order valence-corrected chi connectivity index (χ2v) is 6.50. The first-order valence-electron chi connectivity index (χ1n) is 4.94. The van der Waals surface area contributed by atoms with E-state index < -0.39 is 0 Å². The third-order valence-corrected chi connectivity index (χ3v) is 4.24. The van der Waals surface area contributed by atoms with Crippen LogP contribution in [0.15, 0.2) is 33.6 Å². The standard InChI is InChI=1S/C12H11BrClNS/c1-8-2-3-10(15-6-8)5-11(14)9-4-12(13)16-7-9/h2-4,6-7,11H,5H2,1H3. The van der Waals surface area contributed by atoms with Gasteiger partial charge in [0, 0.05) is 18.3 Å². The molecular formula is C12H11BrClNS. The SMILES string of the molecule is Cc1ccc(CC(Cl)c2csc(Br)c2)nc1. The van der Waals surface area contributed by atoms with Crippen molar-refractivity contribution < 1.29 is 0 Å². The summed E-state index contributed by atoms with van der Waals surface area (Å²) in [5.41, 5.74) is 3.36. The lowest BCUT2D eigenvalue weighted by atomic mass is 10.1. The van der Waals surface area contributed by atoms with E-state index in [1.807, 2.05) is 19.2 Å². The number of aromatic nitrogens is 1. The zero-order chi connectivity index (χ0) is 11.5. The van der Waals surface area contributed by atoms with Crippen LogP contribution in [-0.2, 0) is 6.42 Å². The largest absolute Gasteiger partial charge is 0.261 e. The summed E-state index contributed by atoms with van der Waals surface area (Å²) >= 11 is 11.4. The third-order valence-electron chi connectivity index (χ3n) is 2.31. The van der Waals surface area contributed by atoms with Crippen LogP contribution in [0.25, 0.3) is 0 Å². The Labute approximate surface area is 113 Å². The Bertz CT molecular complexity index is 466. The molecule has 0 N–H and O–H groups in total. The lowest BCUT2D eigenvalue weighted by molar-refractivity contribution is 0.882. The van der Waals surface area contributed by atoms with Gasteiger partial charge in [0.2, 0.25) is 0 Å². The Balaban J connectivity index is 2.07. The molecule has 4 heteroatoms. The van der Waals surface area contributed by atoms with Crippen molar-refractivity contribution in [2.24, 2.45) is 0 Å². The first-order chi connectivity index (χ1) is 7.65. The number of pyridine rings is 1. The molecule has 2 aromatic heterocycles. The van der Waals surface area contributed by atoms with Crippen molar-refractivity contribution >= 4 is 38.9 Å². The van der Waals surface area contributed by atoms with Crippen molar-refractivity contribution in [3.05, 3.63) is 50.4 Å². The molecule has 2 rings (SSSR count). The first-order valence-corrected chi connectivity index (χ1v) is 7.05. The summed E-state index contributed by atoms with van der Waals surface area (Å²) in [5.74, 6) is 0. The number of hydrogen-bond acceptors (Lipinski definition) is 2. The van der Waals surface area contributed by atoms with Gasteiger partial charge in [0.25, 0.3) is 0 Å². The summed E-state index contributed by atoms with van der Waals surface area (Å²) in [7, 11) is 0. The molecule has 0 bridgehead atoms. The second kappa shape index (κ2) is 5.30. The number of rotatable bonds is 3. The number of nitrogens with zero attached hydrogens (tertiary/aromatic N) is 1. The van der Waals surface area contributed by atoms with E-state index in [2.05, 4.69) is 38.4 Å². The molecule has 0 amide bonds. The van der Waals surface area contributed by atoms with Gasteiger partial charge in [-0.15, -0.1) is 22.9 Å². The lowest BCUT2D eigenvalue weighted by Gasteiger charge is -2.06. The maximum absolute atomic E-state index is 6.34. The quantitative estimate of drug-likeness (QED) is 0.746. The maximum atomic E-state index is 6.34. The minimum absolute atomic E-state index is 0.00208. The van der Waals surface area contributed by atoms with E-state index in [1.54, 1.807) is 11.3 Å². The molecule has 0 fully saturated rings. The normalized spacial score (nSPS) is 12.7. The van der Waals surface area contributed by atoms with Crippen molar-refractivity contribution in [3.8, 4) is 0 Å². The van der Waals surface area contributed by atoms with E-state index in [9.17, 15) is 0 Å². The monoisotopic (exact) mass is 315 g/mol. The van der Waals surface area contributed by atoms with Gasteiger partial charge >= 0.3 is 0 Å². The number of hydrogen-bond donors (Lipinski definition) is 0. The molecule has 84 valence electrons. The van der Waals surface area contributed by atoms with Crippen molar-refractivity contribution in [1.82, 2.24) is 4.98 Å². The molecule has 2 aromatic rings. The van der Waals surface area contributed by atoms with E-state index in [4.69, 9.17) is 11.6 Å². The van der Waals surface area contributed by atoms with Crippen molar-refractivity contribution in [2.45, 2.75) is 18.7 Å². The zero-order valence-corrected chi connectivity index (χ0v) is 11.9. The summed E-state index contributed by atoms with van der Waals surface area (Å²) in [5, 5.41) is 2.08. The van der Waals surface area contributed by atoms with Gasteiger partial charge in [-0.3, -0.25) is 4.98 Å². The molecule has 0 saturated heterocycles. The van der Waals surface area contributed by atoms with Gasteiger partial charge in [-0.2, -0.15) is 0 Å². The fourth-order valence-electron chi connectivity index (χ4n) is 1.41. The average Bonchev–Trinajstić information content (AvgIpc) is 2.68. The molecule has 0 aliphatic rings. The Hall–Kier alpha value is -0.380. The maximum Gasteiger partial charge on any atom is 0.0701 e. The van der Waals surface area contributed by atoms with Gasteiger partial charge in [-0.25, -0.2) is 0 Å². The van der Waals surface area contributed by atoms with Crippen LogP contribution < -0.4 is 0 Å². The summed E-state index contributed by atoms with van der Waals surface area (Å²) < 4.78 is 1.12. The number of alkyl halides is 1. The van der Waals surface area contributed by atoms with E-state index in [0.29, 0.717) is 0 Å². The molecule has 0 spiro atoms. The minimum atomic E-state index is -0.00208. The molecule has 0 aliphatic heterocycles. The van der Waals surface area contributed by atoms with Crippen molar-refractivity contribution in [2.75, 3.05) is 0 Å². The van der Waals surface area contributed by atoms with Crippen molar-refractivity contribution in [1.29, 1.82) is 0 Å². The topological polar surface area (TPSA) is 12.9 Å². The van der Waals surface area contributed by atoms with Gasteiger partial charge in [-0.05, 0) is 51.5 Å². The molecule has 0 saturated carbocycles. The lowest BCUT2D eigenvalue weighted by Crippen LogP contribution is -1.96. The highest BCUT2D eigenvalue weighted by Gasteiger charge is 2.11. The Morgan fingerprint density at radius 3 is 2.88 bits per heavy atom. The highest BCUT2D eigenvalue weighted by atomic mass is 79.9. The molecule has 1 atom stereocenters. The van der Waals surface area contributed by atoms with E-state index in [-0.39, 0.29) is 5.38 Å². The number of aryl methyl sites for hydroxylation is 1. The molecule has 0 radical (unpaired) electrons. The summed E-state index contributed by atoms with van der Waals surface area (Å²) in [4.78, 5) is 4.36. The fourth-order valence-corrected chi connectivity index (χ4v) is 3.00. The summed E-state index contributed by atoms with van der Waals surface area (Å²) in [6.07, 6.45) is 2.65. The van der Waals surface area contributed by atoms with Gasteiger partial charge in [-0.1, -0.05) is 6.07 Å². The van der Waals surface area contributed by atoms with Crippen LogP contribution in [-0.4, -0.2) is 4.98 Å².